The number of hydrogen-bond donors (Lipinski definition) is 3. The van der Waals surface area contributed by atoms with Crippen molar-refractivity contribution in [3.63, 3.8) is 0 Å². The Morgan fingerprint density at radius 3 is 2.50 bits per heavy atom. The highest BCUT2D eigenvalue weighted by Crippen LogP contribution is 2.10. The van der Waals surface area contributed by atoms with E-state index in [4.69, 9.17) is 10.8 Å². The van der Waals surface area contributed by atoms with Crippen molar-refractivity contribution in [3.05, 3.63) is 29.8 Å². The van der Waals surface area contributed by atoms with Gasteiger partial charge in [0.15, 0.2) is 0 Å². The second-order valence-corrected chi connectivity index (χ2v) is 7.01. The lowest BCUT2D eigenvalue weighted by atomic mass is 10.1. The van der Waals surface area contributed by atoms with Crippen LogP contribution in [0.2, 0.25) is 0 Å². The minimum atomic E-state index is -3.00. The molecule has 0 unspecified atom stereocenters. The van der Waals surface area contributed by atoms with Crippen molar-refractivity contribution in [2.45, 2.75) is 18.9 Å². The summed E-state index contributed by atoms with van der Waals surface area (Å²) < 4.78 is 21.8. The normalized spacial score (nSPS) is 12.9. The maximum Gasteiger partial charge on any atom is 0.237 e. The average Bonchev–Trinajstić information content (AvgIpc) is 2.36. The lowest BCUT2D eigenvalue weighted by molar-refractivity contribution is -0.122. The van der Waals surface area contributed by atoms with Crippen LogP contribution in [0.4, 0.5) is 0 Å². The van der Waals surface area contributed by atoms with Crippen molar-refractivity contribution in [2.24, 2.45) is 5.73 Å². The zero-order valence-corrected chi connectivity index (χ0v) is 12.2. The van der Waals surface area contributed by atoms with Crippen LogP contribution in [0.15, 0.2) is 24.3 Å². The summed E-state index contributed by atoms with van der Waals surface area (Å²) in [5, 5.41) is 11.8. The third-order valence-electron chi connectivity index (χ3n) is 2.72. The van der Waals surface area contributed by atoms with E-state index >= 15 is 0 Å². The van der Waals surface area contributed by atoms with Crippen LogP contribution in [-0.4, -0.2) is 44.0 Å². The molecule has 1 atom stereocenters. The molecule has 1 aromatic rings. The molecule has 112 valence electrons. The Morgan fingerprint density at radius 1 is 1.35 bits per heavy atom. The number of carbonyl (C=O) groups excluding carboxylic acids is 1. The second-order valence-electron chi connectivity index (χ2n) is 4.75. The molecule has 0 fully saturated rings. The SMILES string of the molecule is CS(=O)(=O)CCCNC(=O)[C@@H](N)Cc1ccc(O)cc1. The molecule has 0 radical (unpaired) electrons. The Kier molecular flexibility index (Phi) is 5.97. The molecule has 0 aliphatic rings. The predicted octanol–water partition coefficient (Wildman–Crippen LogP) is -0.187. The van der Waals surface area contributed by atoms with Gasteiger partial charge in [-0.15, -0.1) is 0 Å². The number of nitrogens with two attached hydrogens (primary N) is 1. The molecule has 6 nitrogen and oxygen atoms in total. The minimum Gasteiger partial charge on any atom is -0.508 e. The fourth-order valence-corrected chi connectivity index (χ4v) is 2.32. The van der Waals surface area contributed by atoms with E-state index in [1.54, 1.807) is 12.1 Å². The Morgan fingerprint density at radius 2 is 1.95 bits per heavy atom. The topological polar surface area (TPSA) is 109 Å². The monoisotopic (exact) mass is 300 g/mol. The van der Waals surface area contributed by atoms with E-state index < -0.39 is 15.9 Å². The Balaban J connectivity index is 2.34. The number of hydrogen-bond acceptors (Lipinski definition) is 5. The molecule has 20 heavy (non-hydrogen) atoms. The van der Waals surface area contributed by atoms with Gasteiger partial charge >= 0.3 is 0 Å². The summed E-state index contributed by atoms with van der Waals surface area (Å²) in [6.45, 7) is 0.287. The van der Waals surface area contributed by atoms with Crippen LogP contribution in [0.25, 0.3) is 0 Å². The summed E-state index contributed by atoms with van der Waals surface area (Å²) in [6, 6.07) is 5.77. The number of sulfone groups is 1. The van der Waals surface area contributed by atoms with Crippen molar-refractivity contribution in [2.75, 3.05) is 18.6 Å². The molecule has 1 aromatic carbocycles. The van der Waals surface area contributed by atoms with Gasteiger partial charge in [0.05, 0.1) is 11.8 Å². The smallest absolute Gasteiger partial charge is 0.237 e. The number of nitrogens with one attached hydrogen (secondary N) is 1. The zero-order chi connectivity index (χ0) is 15.2. The van der Waals surface area contributed by atoms with Crippen molar-refractivity contribution >= 4 is 15.7 Å². The Hall–Kier alpha value is -1.60. The van der Waals surface area contributed by atoms with E-state index in [-0.39, 0.29) is 24.0 Å². The van der Waals surface area contributed by atoms with Gasteiger partial charge in [-0.25, -0.2) is 8.42 Å². The Labute approximate surface area is 118 Å². The minimum absolute atomic E-state index is 0.0421. The van der Waals surface area contributed by atoms with Crippen LogP contribution in [0, 0.1) is 0 Å². The van der Waals surface area contributed by atoms with Crippen LogP contribution < -0.4 is 11.1 Å². The Bertz CT molecular complexity index is 540. The van der Waals surface area contributed by atoms with Crippen LogP contribution in [-0.2, 0) is 21.1 Å². The number of amides is 1. The van der Waals surface area contributed by atoms with E-state index in [0.29, 0.717) is 12.8 Å². The standard InChI is InChI=1S/C13H20N2O4S/c1-20(18,19)8-2-7-15-13(17)12(14)9-10-3-5-11(16)6-4-10/h3-6,12,16H,2,7-9,14H2,1H3,(H,15,17)/t12-/m0/s1. The number of carbonyl (C=O) groups is 1. The molecular weight excluding hydrogens is 280 g/mol. The molecule has 0 heterocycles. The first-order valence-corrected chi connectivity index (χ1v) is 8.33. The molecule has 0 bridgehead atoms. The molecule has 0 spiro atoms. The summed E-state index contributed by atoms with van der Waals surface area (Å²) >= 11 is 0. The van der Waals surface area contributed by atoms with Crippen LogP contribution in [0.5, 0.6) is 5.75 Å². The van der Waals surface area contributed by atoms with Gasteiger partial charge in [0.25, 0.3) is 0 Å². The quantitative estimate of drug-likeness (QED) is 0.605. The first-order chi connectivity index (χ1) is 9.28. The molecule has 0 aliphatic carbocycles. The highest BCUT2D eigenvalue weighted by molar-refractivity contribution is 7.90. The summed E-state index contributed by atoms with van der Waals surface area (Å²) in [7, 11) is -3.00. The summed E-state index contributed by atoms with van der Waals surface area (Å²) in [5.74, 6) is -0.111. The average molecular weight is 300 g/mol. The molecular formula is C13H20N2O4S. The highest BCUT2D eigenvalue weighted by Gasteiger charge is 2.13. The van der Waals surface area contributed by atoms with Crippen LogP contribution in [0.3, 0.4) is 0 Å². The largest absolute Gasteiger partial charge is 0.508 e. The predicted molar refractivity (Wildman–Crippen MR) is 77.1 cm³/mol. The fraction of sp³-hybridized carbons (Fsp3) is 0.462. The molecule has 0 saturated heterocycles. The van der Waals surface area contributed by atoms with Gasteiger partial charge in [-0.3, -0.25) is 4.79 Å². The van der Waals surface area contributed by atoms with E-state index in [1.165, 1.54) is 12.1 Å². The third kappa shape index (κ3) is 6.53. The van der Waals surface area contributed by atoms with Crippen molar-refractivity contribution in [3.8, 4) is 5.75 Å². The number of benzene rings is 1. The van der Waals surface area contributed by atoms with Crippen LogP contribution in [0.1, 0.15) is 12.0 Å². The summed E-state index contributed by atoms with van der Waals surface area (Å²) in [4.78, 5) is 11.7. The van der Waals surface area contributed by atoms with Gasteiger partial charge in [0.2, 0.25) is 5.91 Å². The molecule has 1 rings (SSSR count). The van der Waals surface area contributed by atoms with Gasteiger partial charge in [0.1, 0.15) is 15.6 Å². The van der Waals surface area contributed by atoms with Crippen LogP contribution >= 0.6 is 0 Å². The van der Waals surface area contributed by atoms with Crippen molar-refractivity contribution < 1.29 is 18.3 Å². The zero-order valence-electron chi connectivity index (χ0n) is 11.4. The van der Waals surface area contributed by atoms with Gasteiger partial charge in [-0.05, 0) is 30.5 Å². The lowest BCUT2D eigenvalue weighted by Gasteiger charge is -2.12. The van der Waals surface area contributed by atoms with E-state index in [2.05, 4.69) is 5.32 Å². The first kappa shape index (κ1) is 16.5. The first-order valence-electron chi connectivity index (χ1n) is 6.27. The summed E-state index contributed by atoms with van der Waals surface area (Å²) in [6.07, 6.45) is 1.89. The number of phenols is 1. The third-order valence-corrected chi connectivity index (χ3v) is 3.75. The van der Waals surface area contributed by atoms with E-state index in [1.807, 2.05) is 0 Å². The molecule has 0 aromatic heterocycles. The van der Waals surface area contributed by atoms with E-state index in [0.717, 1.165) is 11.8 Å². The lowest BCUT2D eigenvalue weighted by Crippen LogP contribution is -2.42. The summed E-state index contributed by atoms with van der Waals surface area (Å²) in [5.41, 5.74) is 6.61. The number of phenolic OH excluding ortho intramolecular Hbond substituents is 1. The molecule has 7 heteroatoms. The van der Waals surface area contributed by atoms with Gasteiger partial charge in [0, 0.05) is 12.8 Å². The van der Waals surface area contributed by atoms with Gasteiger partial charge in [-0.2, -0.15) is 0 Å². The van der Waals surface area contributed by atoms with Gasteiger partial charge in [-0.1, -0.05) is 12.1 Å². The molecule has 0 saturated carbocycles. The molecule has 0 aliphatic heterocycles. The fourth-order valence-electron chi connectivity index (χ4n) is 1.66. The number of aromatic hydroxyl groups is 1. The second kappa shape index (κ2) is 7.25. The number of rotatable bonds is 7. The van der Waals surface area contributed by atoms with Crippen molar-refractivity contribution in [1.29, 1.82) is 0 Å². The highest BCUT2D eigenvalue weighted by atomic mass is 32.2. The maximum atomic E-state index is 11.7. The molecule has 1 amide bonds. The van der Waals surface area contributed by atoms with Gasteiger partial charge < -0.3 is 16.2 Å². The maximum absolute atomic E-state index is 11.7. The van der Waals surface area contributed by atoms with Crippen molar-refractivity contribution in [1.82, 2.24) is 5.32 Å². The molecule has 4 N–H and O–H groups in total. The van der Waals surface area contributed by atoms with E-state index in [9.17, 15) is 13.2 Å².